The highest BCUT2D eigenvalue weighted by molar-refractivity contribution is 4.50. The van der Waals surface area contributed by atoms with Crippen LogP contribution >= 0.6 is 0 Å². The van der Waals surface area contributed by atoms with Gasteiger partial charge in [-0.3, -0.25) is 0 Å². The van der Waals surface area contributed by atoms with E-state index in [0.717, 1.165) is 18.8 Å². The molecule has 0 aliphatic heterocycles. The molecule has 1 N–H and O–H groups in total. The topological polar surface area (TPSA) is 58.7 Å². The van der Waals surface area contributed by atoms with E-state index >= 15 is 0 Å². The summed E-state index contributed by atoms with van der Waals surface area (Å²) in [6.45, 7) is 4.91. The van der Waals surface area contributed by atoms with Gasteiger partial charge in [-0.1, -0.05) is 82.9 Å². The Morgan fingerprint density at radius 2 is 1.20 bits per heavy atom. The number of hydroxylamine groups is 1. The average molecular weight is 286 g/mol. The van der Waals surface area contributed by atoms with Crippen molar-refractivity contribution in [3.63, 3.8) is 0 Å². The summed E-state index contributed by atoms with van der Waals surface area (Å²) in [6, 6.07) is 0. The Morgan fingerprint density at radius 3 is 1.60 bits per heavy atom. The summed E-state index contributed by atoms with van der Waals surface area (Å²) in [5.41, 5.74) is 0. The van der Waals surface area contributed by atoms with Gasteiger partial charge >= 0.3 is 0 Å². The molecule has 0 amide bonds. The number of hydrogen-bond acceptors (Lipinski definition) is 2. The number of rotatable bonds is 14. The number of nitrogens with zero attached hydrogens (tertiary/aromatic N) is 2. The maximum absolute atomic E-state index is 10.6. The molecular formula is C16H34N2O2. The fourth-order valence-corrected chi connectivity index (χ4v) is 2.44. The molecule has 0 aromatic carbocycles. The zero-order valence-electron chi connectivity index (χ0n) is 13.5. The molecule has 0 atom stereocenters. The highest BCUT2D eigenvalue weighted by Gasteiger charge is 1.97. The molecule has 0 saturated carbocycles. The van der Waals surface area contributed by atoms with Crippen molar-refractivity contribution in [2.24, 2.45) is 11.2 Å². The van der Waals surface area contributed by atoms with E-state index in [1.807, 2.05) is 0 Å². The summed E-state index contributed by atoms with van der Waals surface area (Å²) in [4.78, 5) is 0.347. The first-order valence-electron chi connectivity index (χ1n) is 8.46. The lowest BCUT2D eigenvalue weighted by molar-refractivity contribution is -0.556. The smallest absolute Gasteiger partial charge is 0.197 e. The van der Waals surface area contributed by atoms with Gasteiger partial charge in [-0.15, -0.1) is 0 Å². The molecule has 0 aliphatic carbocycles. The van der Waals surface area contributed by atoms with Crippen LogP contribution in [0, 0.1) is 11.1 Å². The predicted molar refractivity (Wildman–Crippen MR) is 83.0 cm³/mol. The molecule has 20 heavy (non-hydrogen) atoms. The zero-order chi connectivity index (χ0) is 15.1. The van der Waals surface area contributed by atoms with E-state index in [0.29, 0.717) is 11.4 Å². The number of unbranched alkanes of at least 4 members (excludes halogenated alkanes) is 10. The largest absolute Gasteiger partial charge is 0.597 e. The predicted octanol–water partition coefficient (Wildman–Crippen LogP) is 5.68. The second kappa shape index (κ2) is 14.6. The molecule has 0 heterocycles. The van der Waals surface area contributed by atoms with Gasteiger partial charge in [0.25, 0.3) is 0 Å². The zero-order valence-corrected chi connectivity index (χ0v) is 13.5. The molecule has 0 rings (SSSR count). The Morgan fingerprint density at radius 1 is 0.800 bits per heavy atom. The lowest BCUT2D eigenvalue weighted by atomic mass is 10.0. The molecule has 4 nitrogen and oxygen atoms in total. The minimum Gasteiger partial charge on any atom is -0.597 e. The average Bonchev–Trinajstić information content (AvgIpc) is 2.43. The highest BCUT2D eigenvalue weighted by atomic mass is 16.6. The standard InChI is InChI=1S/C16H34N2O2/c1-16(2)14-12-10-8-6-4-3-5-7-9-11-13-15-18(20)17-19/h16,19H,3-15H2,1-2H3/b18-17-. The van der Waals surface area contributed by atoms with E-state index in [4.69, 9.17) is 5.21 Å². The van der Waals surface area contributed by atoms with Crippen molar-refractivity contribution >= 4 is 0 Å². The minimum atomic E-state index is 0.312. The summed E-state index contributed by atoms with van der Waals surface area (Å²) in [5.74, 6) is 0.856. The van der Waals surface area contributed by atoms with Crippen molar-refractivity contribution in [1.29, 1.82) is 0 Å². The van der Waals surface area contributed by atoms with Gasteiger partial charge in [0.15, 0.2) is 11.8 Å². The van der Waals surface area contributed by atoms with Crippen LogP contribution in [0.2, 0.25) is 0 Å². The molecule has 0 bridgehead atoms. The second-order valence-electron chi connectivity index (χ2n) is 6.24. The maximum Gasteiger partial charge on any atom is 0.197 e. The van der Waals surface area contributed by atoms with Crippen LogP contribution in [0.1, 0.15) is 90.9 Å². The van der Waals surface area contributed by atoms with E-state index in [9.17, 15) is 5.21 Å². The Bertz CT molecular complexity index is 231. The minimum absolute atomic E-state index is 0.312. The highest BCUT2D eigenvalue weighted by Crippen LogP contribution is 2.13. The molecule has 0 aromatic heterocycles. The van der Waals surface area contributed by atoms with Crippen LogP contribution in [-0.4, -0.2) is 16.6 Å². The SMILES string of the molecule is CC(C)CCCCCCCCCCCCC/[N+]([O-])=N/O. The molecule has 0 fully saturated rings. The molecule has 0 aromatic rings. The van der Waals surface area contributed by atoms with Crippen LogP contribution in [0.3, 0.4) is 0 Å². The lowest BCUT2D eigenvalue weighted by Gasteiger charge is -2.04. The van der Waals surface area contributed by atoms with Crippen molar-refractivity contribution in [3.8, 4) is 0 Å². The summed E-state index contributed by atoms with van der Waals surface area (Å²) in [6.07, 6.45) is 15.3. The molecule has 0 spiro atoms. The fraction of sp³-hybridized carbons (Fsp3) is 1.00. The van der Waals surface area contributed by atoms with Gasteiger partial charge in [0.05, 0.1) is 0 Å². The third-order valence-corrected chi connectivity index (χ3v) is 3.73. The van der Waals surface area contributed by atoms with Gasteiger partial charge < -0.3 is 10.4 Å². The molecule has 0 radical (unpaired) electrons. The molecule has 0 unspecified atom stereocenters. The normalized spacial score (nSPS) is 12.2. The monoisotopic (exact) mass is 286 g/mol. The van der Waals surface area contributed by atoms with E-state index in [-0.39, 0.29) is 0 Å². The van der Waals surface area contributed by atoms with Crippen molar-refractivity contribution < 1.29 is 10.1 Å². The van der Waals surface area contributed by atoms with E-state index in [2.05, 4.69) is 19.1 Å². The first kappa shape index (κ1) is 19.2. The van der Waals surface area contributed by atoms with Crippen LogP contribution < -0.4 is 0 Å². The van der Waals surface area contributed by atoms with Gasteiger partial charge in [-0.05, 0) is 12.3 Å². The van der Waals surface area contributed by atoms with Crippen LogP contribution in [0.5, 0.6) is 0 Å². The maximum atomic E-state index is 10.6. The molecule has 4 heteroatoms. The molecular weight excluding hydrogens is 252 g/mol. The quantitative estimate of drug-likeness (QED) is 0.193. The van der Waals surface area contributed by atoms with Crippen LogP contribution in [0.25, 0.3) is 0 Å². The van der Waals surface area contributed by atoms with Gasteiger partial charge in [0.1, 0.15) is 0 Å². The van der Waals surface area contributed by atoms with Crippen molar-refractivity contribution in [2.45, 2.75) is 90.9 Å². The third kappa shape index (κ3) is 15.3. The van der Waals surface area contributed by atoms with Crippen molar-refractivity contribution in [1.82, 2.24) is 0 Å². The van der Waals surface area contributed by atoms with Crippen LogP contribution in [-0.2, 0) is 0 Å². The van der Waals surface area contributed by atoms with Crippen LogP contribution in [0.4, 0.5) is 0 Å². The van der Waals surface area contributed by atoms with Crippen LogP contribution in [0.15, 0.2) is 5.28 Å². The summed E-state index contributed by atoms with van der Waals surface area (Å²) < 4.78 is 0. The Labute approximate surface area is 124 Å². The fourth-order valence-electron chi connectivity index (χ4n) is 2.44. The summed E-state index contributed by atoms with van der Waals surface area (Å²) in [7, 11) is 0. The van der Waals surface area contributed by atoms with E-state index in [1.54, 1.807) is 0 Å². The molecule has 0 saturated heterocycles. The first-order chi connectivity index (χ1) is 9.66. The first-order valence-corrected chi connectivity index (χ1v) is 8.46. The Kier molecular flexibility index (Phi) is 14.0. The molecule has 120 valence electrons. The van der Waals surface area contributed by atoms with Crippen molar-refractivity contribution in [2.75, 3.05) is 6.54 Å². The van der Waals surface area contributed by atoms with Gasteiger partial charge in [-0.25, -0.2) is 0 Å². The van der Waals surface area contributed by atoms with E-state index < -0.39 is 0 Å². The van der Waals surface area contributed by atoms with Crippen molar-refractivity contribution in [3.05, 3.63) is 5.21 Å². The van der Waals surface area contributed by atoms with Gasteiger partial charge in [0, 0.05) is 6.42 Å². The lowest BCUT2D eigenvalue weighted by Crippen LogP contribution is -2.01. The van der Waals surface area contributed by atoms with Gasteiger partial charge in [-0.2, -0.15) is 0 Å². The molecule has 0 aliphatic rings. The van der Waals surface area contributed by atoms with E-state index in [1.165, 1.54) is 64.2 Å². The third-order valence-electron chi connectivity index (χ3n) is 3.73. The second-order valence-corrected chi connectivity index (χ2v) is 6.24. The summed E-state index contributed by atoms with van der Waals surface area (Å²) in [5, 5.41) is 21.4. The Hall–Kier alpha value is -0.800. The Balaban J connectivity index is 3.03. The number of hydrogen-bond donors (Lipinski definition) is 1. The summed E-state index contributed by atoms with van der Waals surface area (Å²) >= 11 is 0. The van der Waals surface area contributed by atoms with Gasteiger partial charge in [0.2, 0.25) is 0 Å².